The summed E-state index contributed by atoms with van der Waals surface area (Å²) in [4.78, 5) is 0. The maximum atomic E-state index is 12.7. The lowest BCUT2D eigenvalue weighted by molar-refractivity contribution is -0.216. The van der Waals surface area contributed by atoms with Crippen molar-refractivity contribution in [1.82, 2.24) is 0 Å². The lowest BCUT2D eigenvalue weighted by atomic mass is 10.00. The zero-order valence-electron chi connectivity index (χ0n) is 10.6. The number of benzene rings is 1. The van der Waals surface area contributed by atoms with E-state index in [1.807, 2.05) is 0 Å². The number of aliphatic hydroxyl groups is 1. The minimum absolute atomic E-state index is 0.161. The van der Waals surface area contributed by atoms with Crippen molar-refractivity contribution < 1.29 is 31.4 Å². The quantitative estimate of drug-likeness (QED) is 0.669. The van der Waals surface area contributed by atoms with Crippen LogP contribution in [0.2, 0.25) is 0 Å². The average molecular weight is 319 g/mol. The van der Waals surface area contributed by atoms with E-state index >= 15 is 0 Å². The van der Waals surface area contributed by atoms with Gasteiger partial charge in [-0.15, -0.1) is 6.42 Å². The van der Waals surface area contributed by atoms with Gasteiger partial charge in [0, 0.05) is 0 Å². The molecule has 0 saturated heterocycles. The third kappa shape index (κ3) is 3.60. The van der Waals surface area contributed by atoms with E-state index in [9.17, 15) is 31.4 Å². The predicted molar refractivity (Wildman–Crippen MR) is 65.0 cm³/mol. The Morgan fingerprint density at radius 2 is 1.73 bits per heavy atom. The van der Waals surface area contributed by atoms with Crippen LogP contribution in [-0.4, -0.2) is 16.9 Å². The summed E-state index contributed by atoms with van der Waals surface area (Å²) >= 11 is 0. The number of halogens is 6. The molecule has 1 N–H and O–H groups in total. The largest absolute Gasteiger partial charge is 0.432 e. The van der Waals surface area contributed by atoms with Gasteiger partial charge in [0.2, 0.25) is 5.60 Å². The molecule has 0 aromatic heterocycles. The molecule has 8 heteroatoms. The van der Waals surface area contributed by atoms with Gasteiger partial charge in [0.1, 0.15) is 0 Å². The van der Waals surface area contributed by atoms with Gasteiger partial charge in [-0.2, -0.15) is 31.6 Å². The first-order chi connectivity index (χ1) is 9.94. The van der Waals surface area contributed by atoms with E-state index in [0.717, 1.165) is 18.1 Å². The molecule has 0 radical (unpaired) electrons. The Labute approximate surface area is 121 Å². The molecule has 0 aliphatic heterocycles. The molecule has 0 heterocycles. The van der Waals surface area contributed by atoms with Gasteiger partial charge in [-0.25, -0.2) is 0 Å². The highest BCUT2D eigenvalue weighted by Crippen LogP contribution is 2.34. The van der Waals surface area contributed by atoms with E-state index in [0.29, 0.717) is 12.1 Å². The molecule has 0 saturated carbocycles. The number of hydrogen-bond acceptors (Lipinski definition) is 2. The molecule has 0 amide bonds. The number of alkyl halides is 6. The highest BCUT2D eigenvalue weighted by molar-refractivity contribution is 5.56. The fourth-order valence-electron chi connectivity index (χ4n) is 1.44. The number of nitrogens with zero attached hydrogens (tertiary/aromatic N) is 1. The van der Waals surface area contributed by atoms with Crippen molar-refractivity contribution in [2.75, 3.05) is 0 Å². The monoisotopic (exact) mass is 319 g/mol. The van der Waals surface area contributed by atoms with Crippen molar-refractivity contribution >= 4 is 6.08 Å². The lowest BCUT2D eigenvalue weighted by Gasteiger charge is -2.21. The molecule has 0 bridgehead atoms. The molecular formula is C14H7F6NO. The second-order valence-corrected chi connectivity index (χ2v) is 4.16. The first-order valence-electron chi connectivity index (χ1n) is 5.52. The molecule has 1 aromatic rings. The van der Waals surface area contributed by atoms with E-state index in [2.05, 4.69) is 6.42 Å². The second-order valence-electron chi connectivity index (χ2n) is 4.16. The van der Waals surface area contributed by atoms with Crippen molar-refractivity contribution in [3.63, 3.8) is 0 Å². The zero-order chi connectivity index (χ0) is 17.2. The molecule has 0 fully saturated rings. The van der Waals surface area contributed by atoms with Crippen LogP contribution in [0.1, 0.15) is 16.7 Å². The molecule has 116 valence electrons. The van der Waals surface area contributed by atoms with Crippen LogP contribution >= 0.6 is 0 Å². The number of nitriles is 1. The lowest BCUT2D eigenvalue weighted by Crippen LogP contribution is -2.41. The van der Waals surface area contributed by atoms with Crippen LogP contribution in [0.15, 0.2) is 24.3 Å². The summed E-state index contributed by atoms with van der Waals surface area (Å²) in [5.74, 6) is 1.13. The molecule has 0 aliphatic rings. The summed E-state index contributed by atoms with van der Waals surface area (Å²) in [6.45, 7) is 0. The molecule has 0 spiro atoms. The number of terminal acetylenes is 1. The minimum Gasteiger partial charge on any atom is -0.367 e. The van der Waals surface area contributed by atoms with Crippen LogP contribution in [0.25, 0.3) is 6.08 Å². The summed E-state index contributed by atoms with van der Waals surface area (Å²) in [5, 5.41) is 17.8. The maximum Gasteiger partial charge on any atom is 0.432 e. The average Bonchev–Trinajstić information content (AvgIpc) is 2.42. The van der Waals surface area contributed by atoms with Crippen molar-refractivity contribution in [3.8, 4) is 18.4 Å². The summed E-state index contributed by atoms with van der Waals surface area (Å²) in [5.41, 5.74) is -5.87. The molecule has 1 unspecified atom stereocenters. The second kappa shape index (κ2) is 5.74. The predicted octanol–water partition coefficient (Wildman–Crippen LogP) is 3.52. The van der Waals surface area contributed by atoms with Crippen LogP contribution in [0.4, 0.5) is 26.3 Å². The summed E-state index contributed by atoms with van der Waals surface area (Å²) in [6.07, 6.45) is -4.66. The number of hydrogen-bond donors (Lipinski definition) is 1. The molecule has 22 heavy (non-hydrogen) atoms. The van der Waals surface area contributed by atoms with Gasteiger partial charge < -0.3 is 5.11 Å². The van der Waals surface area contributed by atoms with E-state index in [-0.39, 0.29) is 11.6 Å². The van der Waals surface area contributed by atoms with Gasteiger partial charge in [0.05, 0.1) is 17.2 Å². The standard InChI is InChI=1S/C14H7F6NO/c1-2-12(22,14(18,19)20)6-5-9-3-4-10(8-21)11(7-9)13(15,16)17/h1,3-7,22H/b6-5+. The number of rotatable bonds is 2. The SMILES string of the molecule is C#CC(O)(/C=C/c1ccc(C#N)c(C(F)(F)F)c1)C(F)(F)F. The Morgan fingerprint density at radius 1 is 1.14 bits per heavy atom. The molecule has 1 aromatic carbocycles. The molecular weight excluding hydrogens is 312 g/mol. The Bertz CT molecular complexity index is 675. The summed E-state index contributed by atoms with van der Waals surface area (Å²) in [6, 6.07) is 3.63. The van der Waals surface area contributed by atoms with Crippen LogP contribution in [0, 0.1) is 23.7 Å². The summed E-state index contributed by atoms with van der Waals surface area (Å²) < 4.78 is 75.7. The van der Waals surface area contributed by atoms with Gasteiger partial charge in [-0.1, -0.05) is 18.1 Å². The Balaban J connectivity index is 3.30. The highest BCUT2D eigenvalue weighted by Gasteiger charge is 2.51. The first kappa shape index (κ1) is 17.6. The topological polar surface area (TPSA) is 44.0 Å². The van der Waals surface area contributed by atoms with E-state index in [1.54, 1.807) is 0 Å². The molecule has 2 nitrogen and oxygen atoms in total. The third-order valence-corrected chi connectivity index (χ3v) is 2.64. The van der Waals surface area contributed by atoms with Crippen molar-refractivity contribution in [1.29, 1.82) is 5.26 Å². The van der Waals surface area contributed by atoms with Crippen LogP contribution in [0.5, 0.6) is 0 Å². The Kier molecular flexibility index (Phi) is 4.59. The zero-order valence-corrected chi connectivity index (χ0v) is 10.6. The van der Waals surface area contributed by atoms with E-state index in [4.69, 9.17) is 5.26 Å². The van der Waals surface area contributed by atoms with Gasteiger partial charge in [-0.3, -0.25) is 0 Å². The molecule has 0 aliphatic carbocycles. The van der Waals surface area contributed by atoms with Crippen molar-refractivity contribution in [2.24, 2.45) is 0 Å². The van der Waals surface area contributed by atoms with Crippen LogP contribution in [0.3, 0.4) is 0 Å². The van der Waals surface area contributed by atoms with Gasteiger partial charge in [0.15, 0.2) is 0 Å². The first-order valence-corrected chi connectivity index (χ1v) is 5.52. The van der Waals surface area contributed by atoms with Gasteiger partial charge in [-0.05, 0) is 23.8 Å². The maximum absolute atomic E-state index is 12.7. The van der Waals surface area contributed by atoms with Crippen LogP contribution < -0.4 is 0 Å². The van der Waals surface area contributed by atoms with E-state index in [1.165, 1.54) is 6.07 Å². The van der Waals surface area contributed by atoms with Crippen molar-refractivity contribution in [3.05, 3.63) is 41.0 Å². The molecule has 1 atom stereocenters. The van der Waals surface area contributed by atoms with Crippen LogP contribution in [-0.2, 0) is 6.18 Å². The highest BCUT2D eigenvalue weighted by atomic mass is 19.4. The Hall–Kier alpha value is -2.45. The third-order valence-electron chi connectivity index (χ3n) is 2.64. The summed E-state index contributed by atoms with van der Waals surface area (Å²) in [7, 11) is 0. The Morgan fingerprint density at radius 3 is 2.14 bits per heavy atom. The van der Waals surface area contributed by atoms with E-state index < -0.39 is 29.1 Å². The fraction of sp³-hybridized carbons (Fsp3) is 0.214. The molecule has 1 rings (SSSR count). The fourth-order valence-corrected chi connectivity index (χ4v) is 1.44. The van der Waals surface area contributed by atoms with Gasteiger partial charge >= 0.3 is 12.4 Å². The minimum atomic E-state index is -5.18. The van der Waals surface area contributed by atoms with Gasteiger partial charge in [0.25, 0.3) is 0 Å². The smallest absolute Gasteiger partial charge is 0.367 e. The normalized spacial score (nSPS) is 15.1. The van der Waals surface area contributed by atoms with Crippen molar-refractivity contribution in [2.45, 2.75) is 18.0 Å².